The molecular formula is C16H13F2N3O. The van der Waals surface area contributed by atoms with E-state index >= 15 is 0 Å². The Balaban J connectivity index is 1.63. The first-order chi connectivity index (χ1) is 10.6. The third kappa shape index (κ3) is 2.95. The van der Waals surface area contributed by atoms with Crippen molar-refractivity contribution in [2.45, 2.75) is 13.0 Å². The zero-order chi connectivity index (χ0) is 15.5. The number of hydrogen-bond acceptors (Lipinski definition) is 2. The molecule has 0 spiro atoms. The molecule has 112 valence electrons. The van der Waals surface area contributed by atoms with E-state index in [1.54, 1.807) is 0 Å². The summed E-state index contributed by atoms with van der Waals surface area (Å²) >= 11 is 0. The number of rotatable bonds is 4. The number of nitrogens with one attached hydrogen (secondary N) is 2. The topological polar surface area (TPSA) is 57.8 Å². The van der Waals surface area contributed by atoms with Crippen LogP contribution in [-0.2, 0) is 17.8 Å². The van der Waals surface area contributed by atoms with E-state index in [0.717, 1.165) is 17.1 Å². The highest BCUT2D eigenvalue weighted by molar-refractivity contribution is 5.79. The predicted octanol–water partition coefficient (Wildman–Crippen LogP) is 2.70. The molecule has 2 aromatic carbocycles. The van der Waals surface area contributed by atoms with Crippen molar-refractivity contribution in [3.8, 4) is 0 Å². The summed E-state index contributed by atoms with van der Waals surface area (Å²) in [5.74, 6) is -1.73. The van der Waals surface area contributed by atoms with Crippen molar-refractivity contribution in [1.82, 2.24) is 15.3 Å². The van der Waals surface area contributed by atoms with Gasteiger partial charge in [-0.05, 0) is 18.2 Å². The number of nitrogens with zero attached hydrogens (tertiary/aromatic N) is 1. The van der Waals surface area contributed by atoms with Crippen LogP contribution in [0.2, 0.25) is 0 Å². The van der Waals surface area contributed by atoms with Crippen LogP contribution in [0, 0.1) is 11.6 Å². The first kappa shape index (κ1) is 14.2. The van der Waals surface area contributed by atoms with Crippen LogP contribution in [0.15, 0.2) is 42.5 Å². The summed E-state index contributed by atoms with van der Waals surface area (Å²) in [5, 5.41) is 2.63. The Morgan fingerprint density at radius 3 is 2.77 bits per heavy atom. The molecule has 2 N–H and O–H groups in total. The van der Waals surface area contributed by atoms with Gasteiger partial charge in [-0.15, -0.1) is 0 Å². The second-order valence-electron chi connectivity index (χ2n) is 4.87. The fourth-order valence-electron chi connectivity index (χ4n) is 2.19. The maximum Gasteiger partial charge on any atom is 0.224 e. The highest BCUT2D eigenvalue weighted by Crippen LogP contribution is 2.12. The summed E-state index contributed by atoms with van der Waals surface area (Å²) < 4.78 is 26.6. The average Bonchev–Trinajstić information content (AvgIpc) is 2.93. The number of imidazole rings is 1. The van der Waals surface area contributed by atoms with E-state index in [2.05, 4.69) is 15.3 Å². The highest BCUT2D eigenvalue weighted by atomic mass is 19.2. The van der Waals surface area contributed by atoms with Crippen LogP contribution in [0.3, 0.4) is 0 Å². The van der Waals surface area contributed by atoms with Gasteiger partial charge in [0.2, 0.25) is 5.91 Å². The van der Waals surface area contributed by atoms with Crippen molar-refractivity contribution in [3.05, 3.63) is 65.5 Å². The van der Waals surface area contributed by atoms with Crippen LogP contribution in [-0.4, -0.2) is 15.9 Å². The maximum atomic E-state index is 13.5. The van der Waals surface area contributed by atoms with Crippen LogP contribution in [0.25, 0.3) is 11.0 Å². The quantitative estimate of drug-likeness (QED) is 0.778. The van der Waals surface area contributed by atoms with E-state index in [0.29, 0.717) is 5.82 Å². The van der Waals surface area contributed by atoms with Crippen LogP contribution in [0.4, 0.5) is 8.78 Å². The number of hydrogen-bond donors (Lipinski definition) is 2. The molecule has 0 radical (unpaired) electrons. The van der Waals surface area contributed by atoms with E-state index in [1.807, 2.05) is 24.3 Å². The Morgan fingerprint density at radius 1 is 1.14 bits per heavy atom. The first-order valence-corrected chi connectivity index (χ1v) is 6.76. The second kappa shape index (κ2) is 5.93. The molecule has 1 amide bonds. The number of carbonyl (C=O) groups excluding carboxylic acids is 1. The molecule has 6 heteroatoms. The second-order valence-corrected chi connectivity index (χ2v) is 4.87. The molecule has 0 bridgehead atoms. The van der Waals surface area contributed by atoms with E-state index in [1.165, 1.54) is 12.1 Å². The van der Waals surface area contributed by atoms with Gasteiger partial charge in [0.25, 0.3) is 0 Å². The molecule has 0 unspecified atom stereocenters. The summed E-state index contributed by atoms with van der Waals surface area (Å²) in [6, 6.07) is 11.3. The molecule has 3 aromatic rings. The number of para-hydroxylation sites is 2. The maximum absolute atomic E-state index is 13.5. The number of amides is 1. The van der Waals surface area contributed by atoms with Crippen LogP contribution >= 0.6 is 0 Å². The Bertz CT molecular complexity index is 796. The summed E-state index contributed by atoms with van der Waals surface area (Å²) in [7, 11) is 0. The van der Waals surface area contributed by atoms with Gasteiger partial charge in [0.1, 0.15) is 5.82 Å². The van der Waals surface area contributed by atoms with Crippen molar-refractivity contribution in [2.24, 2.45) is 0 Å². The normalized spacial score (nSPS) is 10.8. The van der Waals surface area contributed by atoms with Crippen molar-refractivity contribution >= 4 is 16.9 Å². The summed E-state index contributed by atoms with van der Waals surface area (Å²) in [6.07, 6.45) is -0.218. The van der Waals surface area contributed by atoms with Gasteiger partial charge in [-0.25, -0.2) is 13.8 Å². The lowest BCUT2D eigenvalue weighted by Gasteiger charge is -2.05. The van der Waals surface area contributed by atoms with E-state index in [9.17, 15) is 13.6 Å². The van der Waals surface area contributed by atoms with Crippen LogP contribution < -0.4 is 5.32 Å². The van der Waals surface area contributed by atoms with Crippen molar-refractivity contribution < 1.29 is 13.6 Å². The molecular weight excluding hydrogens is 288 g/mol. The molecule has 0 saturated heterocycles. The zero-order valence-electron chi connectivity index (χ0n) is 11.6. The number of halogens is 2. The van der Waals surface area contributed by atoms with Gasteiger partial charge in [0.15, 0.2) is 11.6 Å². The molecule has 4 nitrogen and oxygen atoms in total. The van der Waals surface area contributed by atoms with Gasteiger partial charge in [-0.2, -0.15) is 0 Å². The Morgan fingerprint density at radius 2 is 1.95 bits per heavy atom. The Kier molecular flexibility index (Phi) is 3.82. The number of aromatic amines is 1. The number of aromatic nitrogens is 2. The van der Waals surface area contributed by atoms with Gasteiger partial charge >= 0.3 is 0 Å². The molecule has 0 atom stereocenters. The van der Waals surface area contributed by atoms with E-state index in [4.69, 9.17) is 0 Å². The number of H-pyrrole nitrogens is 1. The third-order valence-electron chi connectivity index (χ3n) is 3.27. The molecule has 0 aliphatic heterocycles. The van der Waals surface area contributed by atoms with Gasteiger partial charge < -0.3 is 10.3 Å². The molecule has 0 aliphatic rings. The van der Waals surface area contributed by atoms with Crippen molar-refractivity contribution in [3.63, 3.8) is 0 Å². The lowest BCUT2D eigenvalue weighted by Crippen LogP contribution is -2.25. The lowest BCUT2D eigenvalue weighted by molar-refractivity contribution is -0.120. The molecule has 3 rings (SSSR count). The van der Waals surface area contributed by atoms with E-state index < -0.39 is 17.5 Å². The fourth-order valence-corrected chi connectivity index (χ4v) is 2.19. The monoisotopic (exact) mass is 301 g/mol. The van der Waals surface area contributed by atoms with Gasteiger partial charge in [-0.1, -0.05) is 24.3 Å². The largest absolute Gasteiger partial charge is 0.349 e. The van der Waals surface area contributed by atoms with Gasteiger partial charge in [0.05, 0.1) is 24.0 Å². The van der Waals surface area contributed by atoms with Gasteiger partial charge in [0, 0.05) is 5.56 Å². The third-order valence-corrected chi connectivity index (χ3v) is 3.27. The van der Waals surface area contributed by atoms with Crippen LogP contribution in [0.1, 0.15) is 11.4 Å². The number of carbonyl (C=O) groups is 1. The van der Waals surface area contributed by atoms with E-state index in [-0.39, 0.29) is 18.5 Å². The highest BCUT2D eigenvalue weighted by Gasteiger charge is 2.12. The molecule has 22 heavy (non-hydrogen) atoms. The predicted molar refractivity (Wildman–Crippen MR) is 78.0 cm³/mol. The van der Waals surface area contributed by atoms with Crippen molar-refractivity contribution in [2.75, 3.05) is 0 Å². The minimum atomic E-state index is -0.985. The van der Waals surface area contributed by atoms with Gasteiger partial charge in [-0.3, -0.25) is 4.79 Å². The standard InChI is InChI=1S/C16H13F2N3O/c17-11-5-3-4-10(16(11)18)8-15(22)19-9-14-20-12-6-1-2-7-13(12)21-14/h1-7H,8-9H2,(H,19,22)(H,20,21). The number of benzene rings is 2. The molecule has 0 aliphatic carbocycles. The summed E-state index contributed by atoms with van der Waals surface area (Å²) in [4.78, 5) is 19.2. The van der Waals surface area contributed by atoms with Crippen molar-refractivity contribution in [1.29, 1.82) is 0 Å². The minimum Gasteiger partial charge on any atom is -0.349 e. The smallest absolute Gasteiger partial charge is 0.224 e. The lowest BCUT2D eigenvalue weighted by atomic mass is 10.1. The average molecular weight is 301 g/mol. The SMILES string of the molecule is O=C(Cc1cccc(F)c1F)NCc1nc2ccccc2[nH]1. The first-order valence-electron chi connectivity index (χ1n) is 6.76. The zero-order valence-corrected chi connectivity index (χ0v) is 11.6. The molecule has 0 fully saturated rings. The van der Waals surface area contributed by atoms with Crippen LogP contribution in [0.5, 0.6) is 0 Å². The molecule has 1 heterocycles. The summed E-state index contributed by atoms with van der Waals surface area (Å²) in [6.45, 7) is 0.199. The fraction of sp³-hybridized carbons (Fsp3) is 0.125. The minimum absolute atomic E-state index is 0.0297. The molecule has 0 saturated carbocycles. The summed E-state index contributed by atoms with van der Waals surface area (Å²) in [5.41, 5.74) is 1.72. The Hall–Kier alpha value is -2.76. The number of fused-ring (bicyclic) bond motifs is 1. The Labute approximate surface area is 125 Å². The molecule has 1 aromatic heterocycles.